The van der Waals surface area contributed by atoms with Gasteiger partial charge in [0.05, 0.1) is 0 Å². The number of thiol groups is 2. The van der Waals surface area contributed by atoms with Gasteiger partial charge in [0.25, 0.3) is 0 Å². The Morgan fingerprint density at radius 2 is 1.20 bits per heavy atom. The zero-order valence-electron chi connectivity index (χ0n) is 3.31. The fraction of sp³-hybridized carbons (Fsp3) is 1.00. The quantitative estimate of drug-likeness (QED) is 0.362. The van der Waals surface area contributed by atoms with Crippen LogP contribution in [0.4, 0.5) is 0 Å². The molecule has 0 fully saturated rings. The van der Waals surface area contributed by atoms with E-state index in [0.29, 0.717) is 0 Å². The molecule has 0 nitrogen and oxygen atoms in total. The van der Waals surface area contributed by atoms with Crippen LogP contribution in [0.1, 0.15) is 0 Å². The van der Waals surface area contributed by atoms with Gasteiger partial charge in [0, 0.05) is 29.6 Å². The van der Waals surface area contributed by atoms with E-state index in [2.05, 4.69) is 25.3 Å². The molecule has 0 rings (SSSR count). The first-order chi connectivity index (χ1) is 1.91. The van der Waals surface area contributed by atoms with Gasteiger partial charge in [-0.15, -0.1) is 0 Å². The van der Waals surface area contributed by atoms with Crippen molar-refractivity contribution < 1.29 is 0 Å². The molecule has 0 atom stereocenters. The minimum atomic E-state index is 0. The van der Waals surface area contributed by atoms with Gasteiger partial charge in [-0.3, -0.25) is 0 Å². The molecule has 27 valence electrons. The van der Waals surface area contributed by atoms with Crippen LogP contribution in [0.15, 0.2) is 0 Å². The Morgan fingerprint density at radius 3 is 1.20 bits per heavy atom. The topological polar surface area (TPSA) is 0 Å². The molecule has 0 amide bonds. The Labute approximate surface area is 65.8 Å². The molecular weight excluding hydrogens is 111 g/mol. The monoisotopic (exact) mass is 117 g/mol. The number of hydrogen-bond donors (Lipinski definition) is 2. The van der Waals surface area contributed by atoms with Crippen LogP contribution in [0.2, 0.25) is 0 Å². The van der Waals surface area contributed by atoms with Crippen LogP contribution < -0.4 is 0 Å². The van der Waals surface area contributed by atoms with Crippen LogP contribution in [0.25, 0.3) is 0 Å². The SMILES string of the molecule is SCCS.[Na]. The van der Waals surface area contributed by atoms with Gasteiger partial charge in [-0.05, 0) is 11.5 Å². The van der Waals surface area contributed by atoms with Crippen molar-refractivity contribution >= 4 is 54.8 Å². The van der Waals surface area contributed by atoms with Crippen molar-refractivity contribution in [3.8, 4) is 0 Å². The summed E-state index contributed by atoms with van der Waals surface area (Å²) in [4.78, 5) is 0. The van der Waals surface area contributed by atoms with Crippen LogP contribution in [0, 0.1) is 0 Å². The molecule has 0 saturated heterocycles. The molecular formula is C2H6NaS2. The maximum atomic E-state index is 3.84. The van der Waals surface area contributed by atoms with Crippen LogP contribution in [0.5, 0.6) is 0 Å². The first kappa shape index (κ1) is 9.85. The fourth-order valence-corrected chi connectivity index (χ4v) is 0. The second-order valence-corrected chi connectivity index (χ2v) is 1.34. The van der Waals surface area contributed by atoms with Gasteiger partial charge in [-0.25, -0.2) is 0 Å². The summed E-state index contributed by atoms with van der Waals surface area (Å²) >= 11 is 7.69. The average molecular weight is 117 g/mol. The minimum absolute atomic E-state index is 0. The van der Waals surface area contributed by atoms with Crippen molar-refractivity contribution in [1.29, 1.82) is 0 Å². The summed E-state index contributed by atoms with van der Waals surface area (Å²) in [7, 11) is 0. The summed E-state index contributed by atoms with van der Waals surface area (Å²) < 4.78 is 0. The maximum Gasteiger partial charge on any atom is 0 e. The third-order valence-electron chi connectivity index (χ3n) is 0.1000. The maximum absolute atomic E-state index is 3.84. The molecule has 0 heterocycles. The van der Waals surface area contributed by atoms with Crippen molar-refractivity contribution in [3.63, 3.8) is 0 Å². The molecule has 0 aromatic rings. The molecule has 0 aromatic heterocycles. The van der Waals surface area contributed by atoms with E-state index in [1.54, 1.807) is 0 Å². The van der Waals surface area contributed by atoms with Crippen molar-refractivity contribution in [2.75, 3.05) is 11.5 Å². The molecule has 0 spiro atoms. The summed E-state index contributed by atoms with van der Waals surface area (Å²) in [6.07, 6.45) is 0. The zero-order valence-corrected chi connectivity index (χ0v) is 7.10. The normalized spacial score (nSPS) is 6.00. The summed E-state index contributed by atoms with van der Waals surface area (Å²) in [5.74, 6) is 1.76. The molecule has 0 N–H and O–H groups in total. The van der Waals surface area contributed by atoms with Crippen LogP contribution in [-0.4, -0.2) is 41.1 Å². The molecule has 1 radical (unpaired) electrons. The third-order valence-corrected chi connectivity index (χ3v) is 0.900. The van der Waals surface area contributed by atoms with Gasteiger partial charge in [0.2, 0.25) is 0 Å². The number of rotatable bonds is 1. The molecule has 5 heavy (non-hydrogen) atoms. The third kappa shape index (κ3) is 10.7. The van der Waals surface area contributed by atoms with E-state index in [1.165, 1.54) is 0 Å². The van der Waals surface area contributed by atoms with Crippen molar-refractivity contribution in [2.45, 2.75) is 0 Å². The molecule has 0 aromatic carbocycles. The summed E-state index contributed by atoms with van der Waals surface area (Å²) in [5.41, 5.74) is 0. The molecule has 0 bridgehead atoms. The van der Waals surface area contributed by atoms with Gasteiger partial charge in [0.15, 0.2) is 0 Å². The second kappa shape index (κ2) is 9.20. The Morgan fingerprint density at radius 1 is 1.00 bits per heavy atom. The summed E-state index contributed by atoms with van der Waals surface area (Å²) in [6.45, 7) is 0. The van der Waals surface area contributed by atoms with Gasteiger partial charge in [-0.1, -0.05) is 0 Å². The Balaban J connectivity index is 0. The predicted octanol–water partition coefficient (Wildman–Crippen LogP) is 0.465. The van der Waals surface area contributed by atoms with E-state index < -0.39 is 0 Å². The largest absolute Gasteiger partial charge is 0.179 e. The van der Waals surface area contributed by atoms with E-state index in [0.717, 1.165) is 11.5 Å². The van der Waals surface area contributed by atoms with Gasteiger partial charge in [0.1, 0.15) is 0 Å². The zero-order chi connectivity index (χ0) is 3.41. The summed E-state index contributed by atoms with van der Waals surface area (Å²) in [5, 5.41) is 0. The van der Waals surface area contributed by atoms with E-state index >= 15 is 0 Å². The van der Waals surface area contributed by atoms with Gasteiger partial charge >= 0.3 is 0 Å². The molecule has 3 heteroatoms. The Bertz CT molecular complexity index is 9.61. The molecule has 0 aliphatic rings. The van der Waals surface area contributed by atoms with E-state index in [-0.39, 0.29) is 29.6 Å². The van der Waals surface area contributed by atoms with Crippen LogP contribution in [-0.2, 0) is 0 Å². The van der Waals surface area contributed by atoms with Gasteiger partial charge in [-0.2, -0.15) is 25.3 Å². The second-order valence-electron chi connectivity index (χ2n) is 0.447. The van der Waals surface area contributed by atoms with E-state index in [1.807, 2.05) is 0 Å². The fourth-order valence-electron chi connectivity index (χ4n) is 0. The van der Waals surface area contributed by atoms with Crippen molar-refractivity contribution in [3.05, 3.63) is 0 Å². The minimum Gasteiger partial charge on any atom is -0.179 e. The molecule has 0 aliphatic carbocycles. The Hall–Kier alpha value is 1.70. The predicted molar refractivity (Wildman–Crippen MR) is 33.5 cm³/mol. The number of hydrogen-bond acceptors (Lipinski definition) is 2. The van der Waals surface area contributed by atoms with Gasteiger partial charge < -0.3 is 0 Å². The molecule has 0 aliphatic heterocycles. The van der Waals surface area contributed by atoms with E-state index in [9.17, 15) is 0 Å². The average Bonchev–Trinajstić information content (AvgIpc) is 1.37. The summed E-state index contributed by atoms with van der Waals surface area (Å²) in [6, 6.07) is 0. The molecule has 0 saturated carbocycles. The standard InChI is InChI=1S/C2H6S2.Na/c3-1-2-4;/h3-4H,1-2H2;. The van der Waals surface area contributed by atoms with Crippen molar-refractivity contribution in [2.24, 2.45) is 0 Å². The first-order valence-electron chi connectivity index (χ1n) is 1.13. The Kier molecular flexibility index (Phi) is 18.1. The van der Waals surface area contributed by atoms with Crippen molar-refractivity contribution in [1.82, 2.24) is 0 Å². The smallest absolute Gasteiger partial charge is 0 e. The van der Waals surface area contributed by atoms with Crippen LogP contribution in [0.3, 0.4) is 0 Å². The van der Waals surface area contributed by atoms with Crippen LogP contribution >= 0.6 is 25.3 Å². The molecule has 0 unspecified atom stereocenters. The first-order valence-corrected chi connectivity index (χ1v) is 2.40. The van der Waals surface area contributed by atoms with E-state index in [4.69, 9.17) is 0 Å².